The molecule has 1 aliphatic rings. The number of nitrogens with one attached hydrogen (secondary N) is 3. The molecule has 0 aliphatic carbocycles. The van der Waals surface area contributed by atoms with Gasteiger partial charge in [-0.25, -0.2) is 13.8 Å². The number of fused-ring (bicyclic) bond motifs is 1. The third-order valence-corrected chi connectivity index (χ3v) is 5.16. The number of anilines is 1. The molecule has 3 aromatic rings. The zero-order valence-corrected chi connectivity index (χ0v) is 17.8. The fourth-order valence-electron chi connectivity index (χ4n) is 3.45. The van der Waals surface area contributed by atoms with Crippen LogP contribution in [0.25, 0.3) is 22.4 Å². The van der Waals surface area contributed by atoms with Gasteiger partial charge in [0.15, 0.2) is 11.6 Å². The molecule has 162 valence electrons. The number of amides is 1. The van der Waals surface area contributed by atoms with Gasteiger partial charge in [0.1, 0.15) is 11.4 Å². The van der Waals surface area contributed by atoms with E-state index >= 15 is 0 Å². The van der Waals surface area contributed by atoms with E-state index < -0.39 is 17.2 Å². The highest BCUT2D eigenvalue weighted by Crippen LogP contribution is 2.26. The number of H-pyrrole nitrogens is 1. The number of hydrogen-bond donors (Lipinski definition) is 3. The highest BCUT2D eigenvalue weighted by atomic mass is 35.5. The smallest absolute Gasteiger partial charge is 0.256 e. The Bertz CT molecular complexity index is 983. The van der Waals surface area contributed by atoms with Crippen LogP contribution < -0.4 is 10.6 Å². The molecule has 6 nitrogen and oxygen atoms in total. The second-order valence-electron chi connectivity index (χ2n) is 6.85. The van der Waals surface area contributed by atoms with Gasteiger partial charge in [0.05, 0.1) is 11.0 Å². The first kappa shape index (κ1) is 24.0. The number of aromatic nitrogens is 2. The summed E-state index contributed by atoms with van der Waals surface area (Å²) >= 11 is 0. The minimum Gasteiger partial charge on any atom is -0.368 e. The number of imidazole rings is 1. The predicted molar refractivity (Wildman–Crippen MR) is 116 cm³/mol. The second kappa shape index (κ2) is 9.70. The highest BCUT2D eigenvalue weighted by Gasteiger charge is 2.39. The summed E-state index contributed by atoms with van der Waals surface area (Å²) in [6.45, 7) is 1.46. The van der Waals surface area contributed by atoms with Crippen LogP contribution in [0.15, 0.2) is 36.4 Å². The molecule has 0 radical (unpaired) electrons. The van der Waals surface area contributed by atoms with Crippen LogP contribution in [0.1, 0.15) is 12.8 Å². The van der Waals surface area contributed by atoms with Crippen molar-refractivity contribution in [3.8, 4) is 11.4 Å². The Hall–Kier alpha value is -2.26. The Balaban J connectivity index is 0.00000160. The Labute approximate surface area is 184 Å². The molecule has 30 heavy (non-hydrogen) atoms. The zero-order valence-electron chi connectivity index (χ0n) is 16.1. The molecule has 0 atom stereocenters. The summed E-state index contributed by atoms with van der Waals surface area (Å²) < 4.78 is 32.3. The van der Waals surface area contributed by atoms with Crippen LogP contribution in [0, 0.1) is 11.6 Å². The van der Waals surface area contributed by atoms with Crippen LogP contribution in [-0.4, -0.2) is 41.7 Å². The van der Waals surface area contributed by atoms with E-state index in [4.69, 9.17) is 4.74 Å². The van der Waals surface area contributed by atoms with Crippen molar-refractivity contribution in [1.82, 2.24) is 15.3 Å². The molecule has 4 rings (SSSR count). The first-order valence-electron chi connectivity index (χ1n) is 9.03. The van der Waals surface area contributed by atoms with Crippen molar-refractivity contribution >= 4 is 47.4 Å². The molecule has 1 amide bonds. The van der Waals surface area contributed by atoms with Crippen LogP contribution >= 0.6 is 24.8 Å². The lowest BCUT2D eigenvalue weighted by molar-refractivity contribution is -0.140. The number of nitrogens with zero attached hydrogens (tertiary/aromatic N) is 1. The monoisotopic (exact) mass is 458 g/mol. The maximum Gasteiger partial charge on any atom is 0.256 e. The largest absolute Gasteiger partial charge is 0.368 e. The third kappa shape index (κ3) is 4.57. The zero-order chi connectivity index (χ0) is 19.7. The number of methoxy groups -OCH3 is 1. The van der Waals surface area contributed by atoms with Crippen molar-refractivity contribution in [3.63, 3.8) is 0 Å². The molecule has 3 N–H and O–H groups in total. The Morgan fingerprint density at radius 3 is 2.37 bits per heavy atom. The number of ether oxygens (including phenoxy) is 1. The van der Waals surface area contributed by atoms with Gasteiger partial charge in [0.2, 0.25) is 0 Å². The van der Waals surface area contributed by atoms with Gasteiger partial charge >= 0.3 is 0 Å². The lowest BCUT2D eigenvalue weighted by Gasteiger charge is -2.34. The molecular formula is C20H22Cl2F2N4O2. The maximum absolute atomic E-state index is 13.4. The van der Waals surface area contributed by atoms with Crippen molar-refractivity contribution in [3.05, 3.63) is 48.0 Å². The van der Waals surface area contributed by atoms with E-state index in [1.807, 2.05) is 0 Å². The average Bonchev–Trinajstić information content (AvgIpc) is 3.12. The summed E-state index contributed by atoms with van der Waals surface area (Å²) in [7, 11) is 1.56. The quantitative estimate of drug-likeness (QED) is 0.550. The molecule has 2 aromatic carbocycles. The summed E-state index contributed by atoms with van der Waals surface area (Å²) in [6.07, 6.45) is 1.22. The first-order chi connectivity index (χ1) is 13.5. The summed E-state index contributed by atoms with van der Waals surface area (Å²) in [6, 6.07) is 9.21. The van der Waals surface area contributed by atoms with Gasteiger partial charge in [-0.2, -0.15) is 0 Å². The number of benzene rings is 2. The van der Waals surface area contributed by atoms with Gasteiger partial charge in [-0.1, -0.05) is 0 Å². The van der Waals surface area contributed by atoms with Crippen LogP contribution in [0.2, 0.25) is 0 Å². The predicted octanol–water partition coefficient (Wildman–Crippen LogP) is 4.06. The number of carbonyl (C=O) groups excluding carboxylic acids is 1. The molecule has 10 heteroatoms. The molecule has 2 heterocycles. The molecule has 1 fully saturated rings. The minimum absolute atomic E-state index is 0. The van der Waals surface area contributed by atoms with E-state index in [1.165, 1.54) is 0 Å². The summed E-state index contributed by atoms with van der Waals surface area (Å²) in [5.41, 5.74) is 1.31. The maximum atomic E-state index is 13.4. The van der Waals surface area contributed by atoms with E-state index in [0.29, 0.717) is 35.4 Å². The van der Waals surface area contributed by atoms with Gasteiger partial charge < -0.3 is 20.4 Å². The number of piperidine rings is 1. The molecule has 0 unspecified atom stereocenters. The van der Waals surface area contributed by atoms with Crippen LogP contribution in [0.4, 0.5) is 14.5 Å². The second-order valence-corrected chi connectivity index (χ2v) is 6.85. The minimum atomic E-state index is -0.936. The Morgan fingerprint density at radius 1 is 1.10 bits per heavy atom. The fourth-order valence-corrected chi connectivity index (χ4v) is 3.45. The Kier molecular flexibility index (Phi) is 7.76. The summed E-state index contributed by atoms with van der Waals surface area (Å²) in [4.78, 5) is 20.0. The van der Waals surface area contributed by atoms with Crippen LogP contribution in [-0.2, 0) is 9.53 Å². The van der Waals surface area contributed by atoms with Crippen LogP contribution in [0.5, 0.6) is 0 Å². The van der Waals surface area contributed by atoms with E-state index in [9.17, 15) is 13.6 Å². The standard InChI is InChI=1S/C20H20F2N4O2.2ClH/c1-28-20(6-8-23-9-7-20)19(27)24-13-4-2-12(3-5-13)18-25-16-10-14(21)15(22)11-17(16)26-18;;/h2-5,10-11,23H,6-9H2,1H3,(H,24,27)(H,25,26);2*1H. The van der Waals surface area contributed by atoms with Crippen molar-refractivity contribution in [2.45, 2.75) is 18.4 Å². The summed E-state index contributed by atoms with van der Waals surface area (Å²) in [5, 5.41) is 6.12. The third-order valence-electron chi connectivity index (χ3n) is 5.16. The number of aromatic amines is 1. The molecule has 1 aromatic heterocycles. The van der Waals surface area contributed by atoms with Gasteiger partial charge in [0.25, 0.3) is 5.91 Å². The Morgan fingerprint density at radius 2 is 1.73 bits per heavy atom. The van der Waals surface area contributed by atoms with Crippen molar-refractivity contribution in [2.24, 2.45) is 0 Å². The number of hydrogen-bond acceptors (Lipinski definition) is 4. The van der Waals surface area contributed by atoms with Crippen molar-refractivity contribution < 1.29 is 18.3 Å². The topological polar surface area (TPSA) is 79.0 Å². The number of carbonyl (C=O) groups is 1. The fraction of sp³-hybridized carbons (Fsp3) is 0.300. The molecule has 0 spiro atoms. The summed E-state index contributed by atoms with van der Waals surface area (Å²) in [5.74, 6) is -1.54. The van der Waals surface area contributed by atoms with E-state index in [2.05, 4.69) is 20.6 Å². The van der Waals surface area contributed by atoms with Crippen LogP contribution in [0.3, 0.4) is 0 Å². The molecule has 0 saturated carbocycles. The lowest BCUT2D eigenvalue weighted by Crippen LogP contribution is -2.51. The molecule has 1 aliphatic heterocycles. The van der Waals surface area contributed by atoms with Crippen molar-refractivity contribution in [2.75, 3.05) is 25.5 Å². The van der Waals surface area contributed by atoms with Gasteiger partial charge in [-0.05, 0) is 50.2 Å². The average molecular weight is 459 g/mol. The van der Waals surface area contributed by atoms with Gasteiger partial charge in [-0.3, -0.25) is 4.79 Å². The lowest BCUT2D eigenvalue weighted by atomic mass is 9.91. The number of halogens is 4. The first-order valence-corrected chi connectivity index (χ1v) is 9.03. The normalized spacial score (nSPS) is 15.2. The van der Waals surface area contributed by atoms with Gasteiger partial charge in [0, 0.05) is 30.5 Å². The molecule has 1 saturated heterocycles. The van der Waals surface area contributed by atoms with Gasteiger partial charge in [-0.15, -0.1) is 24.8 Å². The number of rotatable bonds is 4. The molecule has 0 bridgehead atoms. The van der Waals surface area contributed by atoms with E-state index in [-0.39, 0.29) is 30.7 Å². The van der Waals surface area contributed by atoms with Crippen molar-refractivity contribution in [1.29, 1.82) is 0 Å². The SMILES string of the molecule is COC1(C(=O)Nc2ccc(-c3nc4cc(F)c(F)cc4[nH]3)cc2)CCNCC1.Cl.Cl. The van der Waals surface area contributed by atoms with E-state index in [0.717, 1.165) is 30.8 Å². The molecular weight excluding hydrogens is 437 g/mol. The van der Waals surface area contributed by atoms with E-state index in [1.54, 1.807) is 31.4 Å². The highest BCUT2D eigenvalue weighted by molar-refractivity contribution is 5.97.